The zero-order valence-corrected chi connectivity index (χ0v) is 6.90. The molecular formula is C9H13Cl. The van der Waals surface area contributed by atoms with Gasteiger partial charge in [-0.1, -0.05) is 12.2 Å². The maximum Gasteiger partial charge on any atom is 0.0267 e. The summed E-state index contributed by atoms with van der Waals surface area (Å²) in [7, 11) is 0. The molecule has 0 aromatic heterocycles. The molecule has 0 saturated carbocycles. The van der Waals surface area contributed by atoms with Gasteiger partial charge in [-0.15, -0.1) is 23.9 Å². The number of rotatable bonds is 5. The molecule has 0 bridgehead atoms. The van der Waals surface area contributed by atoms with E-state index >= 15 is 0 Å². The van der Waals surface area contributed by atoms with Crippen molar-refractivity contribution < 1.29 is 0 Å². The van der Waals surface area contributed by atoms with Crippen molar-refractivity contribution in [3.63, 3.8) is 0 Å². The average Bonchev–Trinajstić information content (AvgIpc) is 1.97. The fourth-order valence-corrected chi connectivity index (χ4v) is 0.815. The zero-order valence-electron chi connectivity index (χ0n) is 6.15. The number of allylic oxidation sites excluding steroid dienone is 2. The molecule has 1 heteroatoms. The van der Waals surface area contributed by atoms with E-state index in [0.717, 1.165) is 25.1 Å². The molecule has 0 aliphatic rings. The Kier molecular flexibility index (Phi) is 8.24. The first-order chi connectivity index (χ1) is 4.91. The van der Waals surface area contributed by atoms with Crippen LogP contribution in [0.15, 0.2) is 12.2 Å². The summed E-state index contributed by atoms with van der Waals surface area (Å²) in [5, 5.41) is 0. The van der Waals surface area contributed by atoms with Crippen molar-refractivity contribution in [3.05, 3.63) is 12.2 Å². The second-order valence-electron chi connectivity index (χ2n) is 2.06. The number of hydrogen-bond donors (Lipinski definition) is 0. The largest absolute Gasteiger partial charge is 0.127 e. The lowest BCUT2D eigenvalue weighted by Gasteiger charge is -1.88. The van der Waals surface area contributed by atoms with E-state index in [4.69, 9.17) is 18.0 Å². The Bertz CT molecular complexity index is 119. The van der Waals surface area contributed by atoms with Gasteiger partial charge in [0, 0.05) is 12.3 Å². The summed E-state index contributed by atoms with van der Waals surface area (Å²) >= 11 is 5.49. The van der Waals surface area contributed by atoms with Crippen LogP contribution < -0.4 is 0 Å². The van der Waals surface area contributed by atoms with E-state index in [-0.39, 0.29) is 0 Å². The predicted molar refractivity (Wildman–Crippen MR) is 47.2 cm³/mol. The monoisotopic (exact) mass is 156 g/mol. The molecule has 0 atom stereocenters. The van der Waals surface area contributed by atoms with Crippen LogP contribution in [0.4, 0.5) is 0 Å². The van der Waals surface area contributed by atoms with E-state index in [2.05, 4.69) is 12.0 Å². The Morgan fingerprint density at radius 1 is 1.30 bits per heavy atom. The Hall–Kier alpha value is -0.410. The van der Waals surface area contributed by atoms with Crippen molar-refractivity contribution in [2.45, 2.75) is 25.7 Å². The standard InChI is InChI=1S/C9H13Cl/c1-2-3-4-5-6-7-8-9-10/h1,4-5H,3,6-9H2/b5-4-. The van der Waals surface area contributed by atoms with Crippen molar-refractivity contribution in [2.24, 2.45) is 0 Å². The number of hydrogen-bond acceptors (Lipinski definition) is 0. The van der Waals surface area contributed by atoms with Crippen LogP contribution in [0, 0.1) is 12.3 Å². The first-order valence-electron chi connectivity index (χ1n) is 3.56. The third-order valence-electron chi connectivity index (χ3n) is 1.16. The van der Waals surface area contributed by atoms with E-state index < -0.39 is 0 Å². The van der Waals surface area contributed by atoms with Crippen LogP contribution in [0.3, 0.4) is 0 Å². The summed E-state index contributed by atoms with van der Waals surface area (Å²) < 4.78 is 0. The van der Waals surface area contributed by atoms with Crippen molar-refractivity contribution in [1.29, 1.82) is 0 Å². The van der Waals surface area contributed by atoms with Crippen LogP contribution in [0.2, 0.25) is 0 Å². The highest BCUT2D eigenvalue weighted by molar-refractivity contribution is 6.17. The summed E-state index contributed by atoms with van der Waals surface area (Å²) in [4.78, 5) is 0. The van der Waals surface area contributed by atoms with Crippen molar-refractivity contribution in [2.75, 3.05) is 5.88 Å². The average molecular weight is 157 g/mol. The predicted octanol–water partition coefficient (Wildman–Crippen LogP) is 2.98. The molecule has 0 nitrogen and oxygen atoms in total. The van der Waals surface area contributed by atoms with E-state index in [0.29, 0.717) is 0 Å². The third-order valence-corrected chi connectivity index (χ3v) is 1.42. The minimum Gasteiger partial charge on any atom is -0.127 e. The van der Waals surface area contributed by atoms with Gasteiger partial charge in [0.05, 0.1) is 0 Å². The topological polar surface area (TPSA) is 0 Å². The highest BCUT2D eigenvalue weighted by Crippen LogP contribution is 1.98. The van der Waals surface area contributed by atoms with Gasteiger partial charge in [-0.3, -0.25) is 0 Å². The molecule has 0 unspecified atom stereocenters. The number of unbranched alkanes of at least 4 members (excludes halogenated alkanes) is 2. The third kappa shape index (κ3) is 7.59. The number of alkyl halides is 1. The number of halogens is 1. The van der Waals surface area contributed by atoms with Crippen molar-refractivity contribution >= 4 is 11.6 Å². The first-order valence-corrected chi connectivity index (χ1v) is 4.09. The fraction of sp³-hybridized carbons (Fsp3) is 0.556. The van der Waals surface area contributed by atoms with Gasteiger partial charge < -0.3 is 0 Å². The molecule has 0 radical (unpaired) electrons. The van der Waals surface area contributed by atoms with Crippen LogP contribution in [0.5, 0.6) is 0 Å². The second-order valence-corrected chi connectivity index (χ2v) is 2.44. The molecule has 10 heavy (non-hydrogen) atoms. The van der Waals surface area contributed by atoms with Crippen LogP contribution in [-0.2, 0) is 0 Å². The lowest BCUT2D eigenvalue weighted by molar-refractivity contribution is 0.818. The van der Waals surface area contributed by atoms with Gasteiger partial charge in [0.15, 0.2) is 0 Å². The number of terminal acetylenes is 1. The smallest absolute Gasteiger partial charge is 0.0267 e. The Balaban J connectivity index is 2.97. The van der Waals surface area contributed by atoms with Crippen LogP contribution in [0.25, 0.3) is 0 Å². The van der Waals surface area contributed by atoms with E-state index in [1.54, 1.807) is 0 Å². The maximum atomic E-state index is 5.49. The van der Waals surface area contributed by atoms with Gasteiger partial charge in [-0.05, 0) is 19.3 Å². The van der Waals surface area contributed by atoms with Gasteiger partial charge in [-0.2, -0.15) is 0 Å². The SMILES string of the molecule is C#CC/C=C\CCCCCl. The zero-order chi connectivity index (χ0) is 7.66. The van der Waals surface area contributed by atoms with Gasteiger partial charge in [0.1, 0.15) is 0 Å². The lowest BCUT2D eigenvalue weighted by atomic mass is 10.2. The first kappa shape index (κ1) is 9.59. The molecule has 56 valence electrons. The molecular weight excluding hydrogens is 144 g/mol. The van der Waals surface area contributed by atoms with E-state index in [1.165, 1.54) is 6.42 Å². The Morgan fingerprint density at radius 3 is 2.70 bits per heavy atom. The molecule has 0 aliphatic carbocycles. The summed E-state index contributed by atoms with van der Waals surface area (Å²) in [5.74, 6) is 3.31. The minimum absolute atomic E-state index is 0.751. The van der Waals surface area contributed by atoms with Gasteiger partial charge >= 0.3 is 0 Å². The van der Waals surface area contributed by atoms with Crippen molar-refractivity contribution in [3.8, 4) is 12.3 Å². The highest BCUT2D eigenvalue weighted by Gasteiger charge is 1.80. The maximum absolute atomic E-state index is 5.49. The molecule has 0 spiro atoms. The molecule has 0 aromatic carbocycles. The molecule has 0 rings (SSSR count). The minimum atomic E-state index is 0.751. The molecule has 0 heterocycles. The van der Waals surface area contributed by atoms with Crippen molar-refractivity contribution in [1.82, 2.24) is 0 Å². The van der Waals surface area contributed by atoms with Crippen LogP contribution in [-0.4, -0.2) is 5.88 Å². The summed E-state index contributed by atoms with van der Waals surface area (Å²) in [6.07, 6.45) is 13.3. The molecule has 0 aromatic rings. The molecule has 0 aliphatic heterocycles. The molecule has 0 fully saturated rings. The van der Waals surface area contributed by atoms with Gasteiger partial charge in [-0.25, -0.2) is 0 Å². The van der Waals surface area contributed by atoms with E-state index in [9.17, 15) is 0 Å². The van der Waals surface area contributed by atoms with Gasteiger partial charge in [0.25, 0.3) is 0 Å². The van der Waals surface area contributed by atoms with Crippen LogP contribution in [0.1, 0.15) is 25.7 Å². The second kappa shape index (κ2) is 8.59. The van der Waals surface area contributed by atoms with Crippen LogP contribution >= 0.6 is 11.6 Å². The summed E-state index contributed by atoms with van der Waals surface area (Å²) in [6, 6.07) is 0. The molecule has 0 amide bonds. The molecule has 0 N–H and O–H groups in total. The Labute approximate surface area is 68.3 Å². The quantitative estimate of drug-likeness (QED) is 0.249. The molecule has 0 saturated heterocycles. The van der Waals surface area contributed by atoms with Gasteiger partial charge in [0.2, 0.25) is 0 Å². The van der Waals surface area contributed by atoms with E-state index in [1.807, 2.05) is 6.08 Å². The lowest BCUT2D eigenvalue weighted by Crippen LogP contribution is -1.73. The Morgan fingerprint density at radius 2 is 2.10 bits per heavy atom. The summed E-state index contributed by atoms with van der Waals surface area (Å²) in [6.45, 7) is 0. The fourth-order valence-electron chi connectivity index (χ4n) is 0.626. The highest BCUT2D eigenvalue weighted by atomic mass is 35.5. The summed E-state index contributed by atoms with van der Waals surface area (Å²) in [5.41, 5.74) is 0. The normalized spacial score (nSPS) is 10.0.